The maximum Gasteiger partial charge on any atom is 0.243 e. The molecule has 30 heavy (non-hydrogen) atoms. The predicted molar refractivity (Wildman–Crippen MR) is 118 cm³/mol. The van der Waals surface area contributed by atoms with E-state index in [2.05, 4.69) is 24.4 Å². The van der Waals surface area contributed by atoms with Crippen molar-refractivity contribution in [1.82, 2.24) is 9.62 Å². The smallest absolute Gasteiger partial charge is 0.243 e. The van der Waals surface area contributed by atoms with E-state index in [-0.39, 0.29) is 16.7 Å². The fourth-order valence-corrected chi connectivity index (χ4v) is 5.86. The van der Waals surface area contributed by atoms with Crippen molar-refractivity contribution in [2.45, 2.75) is 30.4 Å². The monoisotopic (exact) mass is 450 g/mol. The first-order valence-electron chi connectivity index (χ1n) is 10.0. The van der Waals surface area contributed by atoms with Crippen LogP contribution in [0.4, 0.5) is 4.39 Å². The number of sulfonamides is 1. The third-order valence-electron chi connectivity index (χ3n) is 5.34. The number of hydrogen-bond donors (Lipinski definition) is 1. The molecule has 0 saturated carbocycles. The number of thioether (sulfide) groups is 1. The van der Waals surface area contributed by atoms with Gasteiger partial charge in [-0.2, -0.15) is 16.1 Å². The lowest BCUT2D eigenvalue weighted by atomic mass is 9.97. The van der Waals surface area contributed by atoms with Gasteiger partial charge in [0.25, 0.3) is 0 Å². The van der Waals surface area contributed by atoms with Crippen LogP contribution in [0, 0.1) is 18.7 Å². The van der Waals surface area contributed by atoms with Crippen LogP contribution in [-0.4, -0.2) is 44.0 Å². The van der Waals surface area contributed by atoms with Crippen molar-refractivity contribution in [3.05, 3.63) is 65.5 Å². The SMILES string of the molecule is Cc1ccccc1CSCCNC(=O)C1CCN(S(=O)(=O)c2ccc(F)cc2)CC1. The summed E-state index contributed by atoms with van der Waals surface area (Å²) < 4.78 is 39.8. The van der Waals surface area contributed by atoms with E-state index in [1.807, 2.05) is 12.1 Å². The minimum atomic E-state index is -3.65. The van der Waals surface area contributed by atoms with Crippen LogP contribution < -0.4 is 5.32 Å². The number of carbonyl (C=O) groups is 1. The van der Waals surface area contributed by atoms with Crippen molar-refractivity contribution in [2.75, 3.05) is 25.4 Å². The minimum Gasteiger partial charge on any atom is -0.355 e. The maximum absolute atomic E-state index is 13.1. The molecule has 0 radical (unpaired) electrons. The molecule has 0 unspecified atom stereocenters. The Labute approximate surface area is 182 Å². The van der Waals surface area contributed by atoms with E-state index in [0.717, 1.165) is 23.6 Å². The van der Waals surface area contributed by atoms with Gasteiger partial charge in [0.2, 0.25) is 15.9 Å². The zero-order valence-electron chi connectivity index (χ0n) is 17.0. The van der Waals surface area contributed by atoms with E-state index in [1.54, 1.807) is 11.8 Å². The first kappa shape index (κ1) is 22.8. The molecule has 1 fully saturated rings. The molecule has 1 aliphatic heterocycles. The molecule has 1 heterocycles. The fourth-order valence-electron chi connectivity index (χ4n) is 3.46. The molecule has 0 bridgehead atoms. The van der Waals surface area contributed by atoms with Gasteiger partial charge in [-0.15, -0.1) is 0 Å². The molecule has 3 rings (SSSR count). The van der Waals surface area contributed by atoms with Gasteiger partial charge in [-0.25, -0.2) is 12.8 Å². The highest BCUT2D eigenvalue weighted by Crippen LogP contribution is 2.24. The quantitative estimate of drug-likeness (QED) is 0.625. The average Bonchev–Trinajstić information content (AvgIpc) is 2.75. The Morgan fingerprint density at radius 2 is 1.80 bits per heavy atom. The Hall–Kier alpha value is -1.90. The molecular formula is C22H27FN2O3S2. The molecule has 1 aliphatic rings. The van der Waals surface area contributed by atoms with Crippen molar-refractivity contribution in [3.63, 3.8) is 0 Å². The molecule has 1 amide bonds. The molecule has 8 heteroatoms. The first-order valence-corrected chi connectivity index (χ1v) is 12.6. The molecule has 1 saturated heterocycles. The minimum absolute atomic E-state index is 0.00896. The van der Waals surface area contributed by atoms with Gasteiger partial charge >= 0.3 is 0 Å². The second-order valence-corrected chi connectivity index (χ2v) is 10.4. The molecule has 0 spiro atoms. The van der Waals surface area contributed by atoms with Crippen LogP contribution in [0.25, 0.3) is 0 Å². The number of hydrogen-bond acceptors (Lipinski definition) is 4. The molecule has 2 aromatic carbocycles. The van der Waals surface area contributed by atoms with Crippen molar-refractivity contribution in [3.8, 4) is 0 Å². The van der Waals surface area contributed by atoms with E-state index in [4.69, 9.17) is 0 Å². The number of benzene rings is 2. The second-order valence-electron chi connectivity index (χ2n) is 7.40. The topological polar surface area (TPSA) is 66.5 Å². The summed E-state index contributed by atoms with van der Waals surface area (Å²) in [5, 5.41) is 2.98. The Bertz CT molecular complexity index is 957. The molecule has 0 aromatic heterocycles. The Balaban J connectivity index is 1.40. The number of nitrogens with zero attached hydrogens (tertiary/aromatic N) is 1. The summed E-state index contributed by atoms with van der Waals surface area (Å²) in [5.74, 6) is 1.10. The number of piperidine rings is 1. The van der Waals surface area contributed by atoms with Gasteiger partial charge < -0.3 is 5.32 Å². The summed E-state index contributed by atoms with van der Waals surface area (Å²) in [6.45, 7) is 3.28. The van der Waals surface area contributed by atoms with Gasteiger partial charge in [-0.1, -0.05) is 24.3 Å². The summed E-state index contributed by atoms with van der Waals surface area (Å²) in [5.41, 5.74) is 2.58. The zero-order chi connectivity index (χ0) is 21.6. The average molecular weight is 451 g/mol. The summed E-state index contributed by atoms with van der Waals surface area (Å²) in [6.07, 6.45) is 0.977. The van der Waals surface area contributed by atoms with E-state index in [1.165, 1.54) is 27.6 Å². The van der Waals surface area contributed by atoms with Gasteiger partial charge in [0.1, 0.15) is 5.82 Å². The highest BCUT2D eigenvalue weighted by Gasteiger charge is 2.31. The lowest BCUT2D eigenvalue weighted by Crippen LogP contribution is -2.43. The standard InChI is InChI=1S/C22H27FN2O3S2/c1-17-4-2-3-5-19(17)16-29-15-12-24-22(26)18-10-13-25(14-11-18)30(27,28)21-8-6-20(23)7-9-21/h2-9,18H,10-16H2,1H3,(H,24,26). The third-order valence-corrected chi connectivity index (χ3v) is 8.26. The molecular weight excluding hydrogens is 423 g/mol. The van der Waals surface area contributed by atoms with Crippen molar-refractivity contribution in [1.29, 1.82) is 0 Å². The van der Waals surface area contributed by atoms with Crippen LogP contribution in [-0.2, 0) is 20.6 Å². The summed E-state index contributed by atoms with van der Waals surface area (Å²) in [7, 11) is -3.65. The van der Waals surface area contributed by atoms with Crippen LogP contribution >= 0.6 is 11.8 Å². The van der Waals surface area contributed by atoms with E-state index in [0.29, 0.717) is 32.5 Å². The van der Waals surface area contributed by atoms with E-state index < -0.39 is 15.8 Å². The predicted octanol–water partition coefficient (Wildman–Crippen LogP) is 3.58. The molecule has 0 aliphatic carbocycles. The second kappa shape index (κ2) is 10.4. The largest absolute Gasteiger partial charge is 0.355 e. The third kappa shape index (κ3) is 5.83. The molecule has 0 atom stereocenters. The highest BCUT2D eigenvalue weighted by atomic mass is 32.2. The van der Waals surface area contributed by atoms with Crippen LogP contribution in [0.2, 0.25) is 0 Å². The van der Waals surface area contributed by atoms with Gasteiger partial charge in [-0.05, 0) is 55.2 Å². The summed E-state index contributed by atoms with van der Waals surface area (Å²) in [4.78, 5) is 12.5. The molecule has 1 N–H and O–H groups in total. The van der Waals surface area contributed by atoms with Gasteiger partial charge in [-0.3, -0.25) is 4.79 Å². The Kier molecular flexibility index (Phi) is 7.91. The van der Waals surface area contributed by atoms with Gasteiger partial charge in [0, 0.05) is 37.1 Å². The maximum atomic E-state index is 13.1. The number of rotatable bonds is 8. The number of halogens is 1. The number of nitrogens with one attached hydrogen (secondary N) is 1. The highest BCUT2D eigenvalue weighted by molar-refractivity contribution is 7.98. The van der Waals surface area contributed by atoms with Crippen LogP contribution in [0.3, 0.4) is 0 Å². The molecule has 5 nitrogen and oxygen atoms in total. The van der Waals surface area contributed by atoms with Gasteiger partial charge in [0.05, 0.1) is 4.90 Å². The van der Waals surface area contributed by atoms with Crippen molar-refractivity contribution < 1.29 is 17.6 Å². The first-order chi connectivity index (χ1) is 14.4. The number of aryl methyl sites for hydroxylation is 1. The Morgan fingerprint density at radius 1 is 1.13 bits per heavy atom. The molecule has 2 aromatic rings. The van der Waals surface area contributed by atoms with E-state index >= 15 is 0 Å². The number of carbonyl (C=O) groups excluding carboxylic acids is 1. The summed E-state index contributed by atoms with van der Waals surface area (Å²) in [6, 6.07) is 13.1. The summed E-state index contributed by atoms with van der Waals surface area (Å²) >= 11 is 1.78. The lowest BCUT2D eigenvalue weighted by molar-refractivity contribution is -0.125. The van der Waals surface area contributed by atoms with Crippen molar-refractivity contribution in [2.24, 2.45) is 5.92 Å². The zero-order valence-corrected chi connectivity index (χ0v) is 18.6. The number of amides is 1. The van der Waals surface area contributed by atoms with E-state index in [9.17, 15) is 17.6 Å². The van der Waals surface area contributed by atoms with Crippen LogP contribution in [0.5, 0.6) is 0 Å². The normalized spacial score (nSPS) is 15.8. The lowest BCUT2D eigenvalue weighted by Gasteiger charge is -2.30. The van der Waals surface area contributed by atoms with Crippen LogP contribution in [0.1, 0.15) is 24.0 Å². The van der Waals surface area contributed by atoms with Gasteiger partial charge in [0.15, 0.2) is 0 Å². The fraction of sp³-hybridized carbons (Fsp3) is 0.409. The van der Waals surface area contributed by atoms with Crippen LogP contribution in [0.15, 0.2) is 53.4 Å². The Morgan fingerprint density at radius 3 is 2.47 bits per heavy atom. The van der Waals surface area contributed by atoms with Crippen molar-refractivity contribution >= 4 is 27.7 Å². The molecule has 162 valence electrons.